The van der Waals surface area contributed by atoms with Crippen LogP contribution in [0.5, 0.6) is 0 Å². The molecule has 3 heteroatoms. The average Bonchev–Trinajstić information content (AvgIpc) is 2.21. The molecule has 0 spiro atoms. The zero-order valence-electron chi connectivity index (χ0n) is 8.48. The lowest BCUT2D eigenvalue weighted by Crippen LogP contribution is -2.10. The molecule has 2 nitrogen and oxygen atoms in total. The van der Waals surface area contributed by atoms with Crippen molar-refractivity contribution in [2.45, 2.75) is 19.3 Å². The molecule has 1 N–H and O–H groups in total. The van der Waals surface area contributed by atoms with Gasteiger partial charge in [-0.05, 0) is 18.9 Å². The predicted octanol–water partition coefficient (Wildman–Crippen LogP) is 3.31. The minimum absolute atomic E-state index is 0.419. The van der Waals surface area contributed by atoms with Gasteiger partial charge in [0.05, 0.1) is 5.92 Å². The van der Waals surface area contributed by atoms with Crippen molar-refractivity contribution in [3.8, 4) is 0 Å². The SMILES string of the molecule is Cc1ccc(C(C/C=C/Cl)C(=O)O)cc1. The fraction of sp³-hybridized carbons (Fsp3) is 0.250. The fourth-order valence-corrected chi connectivity index (χ4v) is 1.47. The van der Waals surface area contributed by atoms with Crippen molar-refractivity contribution in [2.24, 2.45) is 0 Å². The molecule has 1 aromatic carbocycles. The molecule has 1 aromatic rings. The van der Waals surface area contributed by atoms with E-state index in [1.165, 1.54) is 5.54 Å². The monoisotopic (exact) mass is 224 g/mol. The summed E-state index contributed by atoms with van der Waals surface area (Å²) >= 11 is 5.39. The highest BCUT2D eigenvalue weighted by Crippen LogP contribution is 2.21. The van der Waals surface area contributed by atoms with Gasteiger partial charge >= 0.3 is 5.97 Å². The third-order valence-electron chi connectivity index (χ3n) is 2.24. The van der Waals surface area contributed by atoms with E-state index in [1.54, 1.807) is 6.08 Å². The lowest BCUT2D eigenvalue weighted by molar-refractivity contribution is -0.138. The Morgan fingerprint density at radius 2 is 2.07 bits per heavy atom. The number of aryl methyl sites for hydroxylation is 1. The van der Waals surface area contributed by atoms with Crippen LogP contribution in [-0.4, -0.2) is 11.1 Å². The summed E-state index contributed by atoms with van der Waals surface area (Å²) in [7, 11) is 0. The van der Waals surface area contributed by atoms with E-state index in [2.05, 4.69) is 0 Å². The molecule has 0 fully saturated rings. The largest absolute Gasteiger partial charge is 0.481 e. The van der Waals surface area contributed by atoms with Gasteiger partial charge in [-0.15, -0.1) is 0 Å². The maximum absolute atomic E-state index is 11.0. The normalized spacial score (nSPS) is 12.9. The highest BCUT2D eigenvalue weighted by molar-refractivity contribution is 6.25. The molecule has 0 heterocycles. The number of rotatable bonds is 4. The molecule has 0 saturated heterocycles. The summed E-state index contributed by atoms with van der Waals surface area (Å²) in [6.45, 7) is 1.97. The third kappa shape index (κ3) is 3.40. The maximum atomic E-state index is 11.0. The van der Waals surface area contributed by atoms with Crippen LogP contribution in [0.4, 0.5) is 0 Å². The molecular weight excluding hydrogens is 212 g/mol. The topological polar surface area (TPSA) is 37.3 Å². The van der Waals surface area contributed by atoms with Crippen molar-refractivity contribution in [1.29, 1.82) is 0 Å². The Labute approximate surface area is 94.2 Å². The highest BCUT2D eigenvalue weighted by Gasteiger charge is 2.17. The van der Waals surface area contributed by atoms with Gasteiger partial charge in [0.25, 0.3) is 0 Å². The van der Waals surface area contributed by atoms with Crippen LogP contribution < -0.4 is 0 Å². The van der Waals surface area contributed by atoms with Crippen LogP contribution >= 0.6 is 11.6 Å². The Morgan fingerprint density at radius 3 is 2.53 bits per heavy atom. The van der Waals surface area contributed by atoms with E-state index in [4.69, 9.17) is 16.7 Å². The molecule has 1 atom stereocenters. The summed E-state index contributed by atoms with van der Waals surface area (Å²) in [6.07, 6.45) is 2.07. The first-order chi connectivity index (χ1) is 7.15. The zero-order valence-corrected chi connectivity index (χ0v) is 9.24. The molecule has 1 rings (SSSR count). The minimum Gasteiger partial charge on any atom is -0.481 e. The van der Waals surface area contributed by atoms with Gasteiger partial charge in [-0.2, -0.15) is 0 Å². The smallest absolute Gasteiger partial charge is 0.311 e. The van der Waals surface area contributed by atoms with Gasteiger partial charge in [0.1, 0.15) is 0 Å². The van der Waals surface area contributed by atoms with Crippen LogP contribution in [0.1, 0.15) is 23.5 Å². The molecule has 0 bridgehead atoms. The summed E-state index contributed by atoms with van der Waals surface area (Å²) in [5, 5.41) is 9.05. The molecule has 1 unspecified atom stereocenters. The van der Waals surface area contributed by atoms with Gasteiger partial charge in [-0.1, -0.05) is 47.5 Å². The lowest BCUT2D eigenvalue weighted by Gasteiger charge is -2.10. The van der Waals surface area contributed by atoms with Crippen LogP contribution in [0, 0.1) is 6.92 Å². The van der Waals surface area contributed by atoms with Gasteiger partial charge < -0.3 is 5.11 Å². The number of carbonyl (C=O) groups is 1. The van der Waals surface area contributed by atoms with Crippen LogP contribution in [0.25, 0.3) is 0 Å². The first-order valence-electron chi connectivity index (χ1n) is 4.69. The van der Waals surface area contributed by atoms with E-state index in [1.807, 2.05) is 31.2 Å². The zero-order chi connectivity index (χ0) is 11.3. The lowest BCUT2D eigenvalue weighted by atomic mass is 9.95. The fourth-order valence-electron chi connectivity index (χ4n) is 1.37. The van der Waals surface area contributed by atoms with Crippen LogP contribution in [0.3, 0.4) is 0 Å². The second kappa shape index (κ2) is 5.56. The third-order valence-corrected chi connectivity index (χ3v) is 2.42. The van der Waals surface area contributed by atoms with Crippen molar-refractivity contribution < 1.29 is 9.90 Å². The summed E-state index contributed by atoms with van der Waals surface area (Å²) in [5.74, 6) is -1.34. The summed E-state index contributed by atoms with van der Waals surface area (Å²) in [4.78, 5) is 11.0. The Morgan fingerprint density at radius 1 is 1.47 bits per heavy atom. The Bertz CT molecular complexity index is 354. The number of aliphatic carboxylic acids is 1. The predicted molar refractivity (Wildman–Crippen MR) is 61.2 cm³/mol. The molecule has 0 radical (unpaired) electrons. The number of hydrogen-bond acceptors (Lipinski definition) is 1. The Balaban J connectivity index is 2.88. The van der Waals surface area contributed by atoms with E-state index in [9.17, 15) is 4.79 Å². The van der Waals surface area contributed by atoms with Gasteiger partial charge in [0.15, 0.2) is 0 Å². The van der Waals surface area contributed by atoms with Crippen molar-refractivity contribution in [3.05, 3.63) is 47.0 Å². The number of carboxylic acids is 1. The summed E-state index contributed by atoms with van der Waals surface area (Å²) in [6, 6.07) is 7.51. The summed E-state index contributed by atoms with van der Waals surface area (Å²) < 4.78 is 0. The minimum atomic E-state index is -0.825. The van der Waals surface area contributed by atoms with Gasteiger partial charge in [-0.25, -0.2) is 0 Å². The van der Waals surface area contributed by atoms with Crippen molar-refractivity contribution in [2.75, 3.05) is 0 Å². The van der Waals surface area contributed by atoms with Gasteiger partial charge in [0.2, 0.25) is 0 Å². The van der Waals surface area contributed by atoms with E-state index in [0.29, 0.717) is 6.42 Å². The Kier molecular flexibility index (Phi) is 4.37. The Hall–Kier alpha value is -1.28. The quantitative estimate of drug-likeness (QED) is 0.852. The number of carboxylic acid groups (broad SMARTS) is 1. The van der Waals surface area contributed by atoms with E-state index >= 15 is 0 Å². The van der Waals surface area contributed by atoms with Crippen molar-refractivity contribution in [3.63, 3.8) is 0 Å². The molecule has 80 valence electrons. The van der Waals surface area contributed by atoms with E-state index < -0.39 is 11.9 Å². The molecule has 0 aliphatic carbocycles. The number of hydrogen-bond donors (Lipinski definition) is 1. The number of allylic oxidation sites excluding steroid dienone is 1. The van der Waals surface area contributed by atoms with Crippen LogP contribution in [-0.2, 0) is 4.79 Å². The molecular formula is C12H13ClO2. The highest BCUT2D eigenvalue weighted by atomic mass is 35.5. The van der Waals surface area contributed by atoms with Gasteiger partial charge in [-0.3, -0.25) is 4.79 Å². The maximum Gasteiger partial charge on any atom is 0.311 e. The van der Waals surface area contributed by atoms with Crippen LogP contribution in [0.2, 0.25) is 0 Å². The molecule has 0 saturated carbocycles. The standard InChI is InChI=1S/C12H13ClO2/c1-9-4-6-10(7-5-9)11(12(14)15)3-2-8-13/h2,4-8,11H,3H2,1H3,(H,14,15)/b8-2+. The molecule has 0 aromatic heterocycles. The molecule has 0 aliphatic heterocycles. The average molecular weight is 225 g/mol. The summed E-state index contributed by atoms with van der Waals surface area (Å²) in [5.41, 5.74) is 3.28. The molecule has 15 heavy (non-hydrogen) atoms. The van der Waals surface area contributed by atoms with E-state index in [-0.39, 0.29) is 0 Å². The van der Waals surface area contributed by atoms with Gasteiger partial charge in [0, 0.05) is 5.54 Å². The number of benzene rings is 1. The molecule has 0 amide bonds. The molecule has 0 aliphatic rings. The second-order valence-electron chi connectivity index (χ2n) is 3.40. The first-order valence-corrected chi connectivity index (χ1v) is 5.13. The van der Waals surface area contributed by atoms with E-state index in [0.717, 1.165) is 11.1 Å². The van der Waals surface area contributed by atoms with Crippen LogP contribution in [0.15, 0.2) is 35.9 Å². The first kappa shape index (κ1) is 11.8. The number of halogens is 1. The van der Waals surface area contributed by atoms with Crippen molar-refractivity contribution in [1.82, 2.24) is 0 Å². The second-order valence-corrected chi connectivity index (χ2v) is 3.65. The van der Waals surface area contributed by atoms with Crippen molar-refractivity contribution >= 4 is 17.6 Å².